The van der Waals surface area contributed by atoms with Gasteiger partial charge in [-0.05, 0) is 31.0 Å². The molecule has 2 aromatic carbocycles. The van der Waals surface area contributed by atoms with Crippen LogP contribution in [0.5, 0.6) is 17.2 Å². The Hall–Kier alpha value is -2.93. The van der Waals surface area contributed by atoms with Gasteiger partial charge in [-0.2, -0.15) is 0 Å². The molecule has 0 atom stereocenters. The van der Waals surface area contributed by atoms with Gasteiger partial charge in [0.05, 0.1) is 21.3 Å². The molecule has 0 radical (unpaired) electrons. The maximum absolute atomic E-state index is 12.5. The fourth-order valence-corrected chi connectivity index (χ4v) is 3.93. The van der Waals surface area contributed by atoms with E-state index < -0.39 is 0 Å². The summed E-state index contributed by atoms with van der Waals surface area (Å²) >= 11 is 0. The van der Waals surface area contributed by atoms with Crippen LogP contribution in [0.1, 0.15) is 17.5 Å². The summed E-state index contributed by atoms with van der Waals surface area (Å²) in [5.74, 6) is 1.50. The summed E-state index contributed by atoms with van der Waals surface area (Å²) < 4.78 is 16.0. The van der Waals surface area contributed by atoms with Gasteiger partial charge in [-0.3, -0.25) is 9.69 Å². The van der Waals surface area contributed by atoms with Gasteiger partial charge in [-0.25, -0.2) is 0 Å². The molecule has 0 aliphatic carbocycles. The molecular weight excluding hydrogens is 394 g/mol. The molecule has 168 valence electrons. The second kappa shape index (κ2) is 10.4. The standard InChI is InChI=1S/C24H33N3O4/c1-17-7-6-8-20(18(17)2)27-13-11-26(12-14-27)10-9-23(28)25-19-15-21(29-3)24(31-5)22(16-19)30-4/h6-8,15-16H,9-14H2,1-5H3,(H,25,28). The Morgan fingerprint density at radius 1 is 0.968 bits per heavy atom. The second-order valence-electron chi connectivity index (χ2n) is 7.76. The van der Waals surface area contributed by atoms with E-state index in [0.717, 1.165) is 32.7 Å². The second-order valence-corrected chi connectivity index (χ2v) is 7.76. The first-order valence-corrected chi connectivity index (χ1v) is 10.6. The van der Waals surface area contributed by atoms with Crippen molar-refractivity contribution in [3.63, 3.8) is 0 Å². The molecule has 1 aliphatic heterocycles. The van der Waals surface area contributed by atoms with Crippen molar-refractivity contribution in [2.45, 2.75) is 20.3 Å². The summed E-state index contributed by atoms with van der Waals surface area (Å²) in [4.78, 5) is 17.3. The number of hydrogen-bond acceptors (Lipinski definition) is 6. The zero-order valence-electron chi connectivity index (χ0n) is 19.2. The van der Waals surface area contributed by atoms with Crippen LogP contribution in [0.2, 0.25) is 0 Å². The largest absolute Gasteiger partial charge is 0.493 e. The van der Waals surface area contributed by atoms with Crippen molar-refractivity contribution < 1.29 is 19.0 Å². The van der Waals surface area contributed by atoms with E-state index in [1.807, 2.05) is 0 Å². The quantitative estimate of drug-likeness (QED) is 0.696. The minimum absolute atomic E-state index is 0.0359. The van der Waals surface area contributed by atoms with Gasteiger partial charge in [0.2, 0.25) is 11.7 Å². The number of piperazine rings is 1. The average molecular weight is 428 g/mol. The van der Waals surface area contributed by atoms with Crippen molar-refractivity contribution >= 4 is 17.3 Å². The predicted molar refractivity (Wildman–Crippen MR) is 124 cm³/mol. The van der Waals surface area contributed by atoms with Crippen molar-refractivity contribution in [1.29, 1.82) is 0 Å². The van der Waals surface area contributed by atoms with Gasteiger partial charge in [0, 0.05) is 62.7 Å². The highest BCUT2D eigenvalue weighted by atomic mass is 16.5. The smallest absolute Gasteiger partial charge is 0.225 e. The Bertz CT molecular complexity index is 883. The minimum Gasteiger partial charge on any atom is -0.493 e. The first-order chi connectivity index (χ1) is 15.0. The van der Waals surface area contributed by atoms with E-state index in [4.69, 9.17) is 14.2 Å². The van der Waals surface area contributed by atoms with E-state index in [2.05, 4.69) is 47.2 Å². The van der Waals surface area contributed by atoms with E-state index in [-0.39, 0.29) is 5.91 Å². The molecule has 7 heteroatoms. The Morgan fingerprint density at radius 3 is 2.19 bits per heavy atom. The lowest BCUT2D eigenvalue weighted by atomic mass is 10.1. The maximum atomic E-state index is 12.5. The molecule has 1 fully saturated rings. The number of carbonyl (C=O) groups excluding carboxylic acids is 1. The highest BCUT2D eigenvalue weighted by Gasteiger charge is 2.20. The van der Waals surface area contributed by atoms with Crippen molar-refractivity contribution in [3.8, 4) is 17.2 Å². The Morgan fingerprint density at radius 2 is 1.61 bits per heavy atom. The molecular formula is C24H33N3O4. The molecule has 0 aromatic heterocycles. The Kier molecular flexibility index (Phi) is 7.63. The van der Waals surface area contributed by atoms with Crippen LogP contribution in [-0.4, -0.2) is 64.9 Å². The summed E-state index contributed by atoms with van der Waals surface area (Å²) in [6, 6.07) is 9.95. The van der Waals surface area contributed by atoms with Crippen LogP contribution in [0, 0.1) is 13.8 Å². The number of nitrogens with zero attached hydrogens (tertiary/aromatic N) is 2. The molecule has 31 heavy (non-hydrogen) atoms. The number of nitrogens with one attached hydrogen (secondary N) is 1. The number of amides is 1. The van der Waals surface area contributed by atoms with E-state index in [9.17, 15) is 4.79 Å². The van der Waals surface area contributed by atoms with Crippen molar-refractivity contribution in [1.82, 2.24) is 4.90 Å². The number of carbonyl (C=O) groups is 1. The van der Waals surface area contributed by atoms with Crippen LogP contribution in [0.25, 0.3) is 0 Å². The van der Waals surface area contributed by atoms with Gasteiger partial charge in [-0.15, -0.1) is 0 Å². The zero-order valence-corrected chi connectivity index (χ0v) is 19.2. The molecule has 1 heterocycles. The molecule has 1 N–H and O–H groups in total. The van der Waals surface area contributed by atoms with Gasteiger partial charge in [0.25, 0.3) is 0 Å². The van der Waals surface area contributed by atoms with E-state index in [0.29, 0.717) is 29.4 Å². The molecule has 1 aliphatic rings. The van der Waals surface area contributed by atoms with Gasteiger partial charge >= 0.3 is 0 Å². The number of methoxy groups -OCH3 is 3. The highest BCUT2D eigenvalue weighted by Crippen LogP contribution is 2.39. The normalized spacial score (nSPS) is 14.3. The van der Waals surface area contributed by atoms with Crippen molar-refractivity contribution in [2.75, 3.05) is 64.3 Å². The SMILES string of the molecule is COc1cc(NC(=O)CCN2CCN(c3cccc(C)c3C)CC2)cc(OC)c1OC. The topological polar surface area (TPSA) is 63.3 Å². The lowest BCUT2D eigenvalue weighted by Gasteiger charge is -2.37. The number of ether oxygens (including phenoxy) is 3. The van der Waals surface area contributed by atoms with Crippen LogP contribution in [0.4, 0.5) is 11.4 Å². The van der Waals surface area contributed by atoms with Crippen LogP contribution in [0.3, 0.4) is 0 Å². The number of benzene rings is 2. The fourth-order valence-electron chi connectivity index (χ4n) is 3.93. The Labute approximate surface area is 184 Å². The predicted octanol–water partition coefficient (Wildman–Crippen LogP) is 3.48. The summed E-state index contributed by atoms with van der Waals surface area (Å²) in [6.07, 6.45) is 0.431. The molecule has 7 nitrogen and oxygen atoms in total. The van der Waals surface area contributed by atoms with Crippen LogP contribution in [-0.2, 0) is 4.79 Å². The van der Waals surface area contributed by atoms with Gasteiger partial charge < -0.3 is 24.4 Å². The molecule has 0 spiro atoms. The number of hydrogen-bond donors (Lipinski definition) is 1. The zero-order chi connectivity index (χ0) is 22.4. The third-order valence-corrected chi connectivity index (χ3v) is 5.89. The third kappa shape index (κ3) is 5.41. The molecule has 0 saturated carbocycles. The van der Waals surface area contributed by atoms with Gasteiger partial charge in [-0.1, -0.05) is 12.1 Å². The number of rotatable bonds is 8. The molecule has 3 rings (SSSR count). The lowest BCUT2D eigenvalue weighted by Crippen LogP contribution is -2.47. The minimum atomic E-state index is -0.0359. The fraction of sp³-hybridized carbons (Fsp3) is 0.458. The van der Waals surface area contributed by atoms with Crippen LogP contribution < -0.4 is 24.4 Å². The summed E-state index contributed by atoms with van der Waals surface area (Å²) in [6.45, 7) is 8.91. The van der Waals surface area contributed by atoms with Crippen molar-refractivity contribution in [3.05, 3.63) is 41.5 Å². The average Bonchev–Trinajstić information content (AvgIpc) is 2.79. The molecule has 0 bridgehead atoms. The third-order valence-electron chi connectivity index (χ3n) is 5.89. The Balaban J connectivity index is 1.51. The lowest BCUT2D eigenvalue weighted by molar-refractivity contribution is -0.116. The number of anilines is 2. The monoisotopic (exact) mass is 427 g/mol. The van der Waals surface area contributed by atoms with E-state index in [1.165, 1.54) is 16.8 Å². The molecule has 1 amide bonds. The first-order valence-electron chi connectivity index (χ1n) is 10.6. The van der Waals surface area contributed by atoms with Gasteiger partial charge in [0.1, 0.15) is 0 Å². The van der Waals surface area contributed by atoms with Crippen LogP contribution in [0.15, 0.2) is 30.3 Å². The first kappa shape index (κ1) is 22.7. The maximum Gasteiger partial charge on any atom is 0.225 e. The molecule has 0 unspecified atom stereocenters. The summed E-state index contributed by atoms with van der Waals surface area (Å²) in [7, 11) is 4.67. The van der Waals surface area contributed by atoms with Gasteiger partial charge in [0.15, 0.2) is 11.5 Å². The van der Waals surface area contributed by atoms with E-state index in [1.54, 1.807) is 33.5 Å². The molecule has 1 saturated heterocycles. The summed E-state index contributed by atoms with van der Waals surface area (Å²) in [5.41, 5.74) is 4.61. The van der Waals surface area contributed by atoms with Crippen molar-refractivity contribution in [2.24, 2.45) is 0 Å². The van der Waals surface area contributed by atoms with Crippen LogP contribution >= 0.6 is 0 Å². The number of aryl methyl sites for hydroxylation is 1. The van der Waals surface area contributed by atoms with E-state index >= 15 is 0 Å². The molecule has 2 aromatic rings. The summed E-state index contributed by atoms with van der Waals surface area (Å²) in [5, 5.41) is 2.94. The highest BCUT2D eigenvalue weighted by molar-refractivity contribution is 5.91.